The highest BCUT2D eigenvalue weighted by Crippen LogP contribution is 2.46. The van der Waals surface area contributed by atoms with E-state index in [4.69, 9.17) is 5.73 Å². The van der Waals surface area contributed by atoms with E-state index in [0.717, 1.165) is 30.9 Å². The molecule has 104 valence electrons. The third kappa shape index (κ3) is 2.28. The molecule has 0 aromatic carbocycles. The van der Waals surface area contributed by atoms with E-state index >= 15 is 0 Å². The summed E-state index contributed by atoms with van der Waals surface area (Å²) in [6, 6.07) is 0. The minimum atomic E-state index is 0.647. The molecule has 0 amide bonds. The summed E-state index contributed by atoms with van der Waals surface area (Å²) in [4.78, 5) is 11.0. The predicted octanol–water partition coefficient (Wildman–Crippen LogP) is 2.78. The average molecular weight is 260 g/mol. The molecule has 1 saturated heterocycles. The molecule has 2 fully saturated rings. The molecule has 0 radical (unpaired) electrons. The first-order chi connectivity index (χ1) is 9.24. The molecule has 1 aromatic heterocycles. The molecular formula is C15H24N4. The number of aromatic nitrogens is 2. The summed E-state index contributed by atoms with van der Waals surface area (Å²) in [5, 5.41) is 0. The minimum absolute atomic E-state index is 0.647. The van der Waals surface area contributed by atoms with Gasteiger partial charge in [-0.2, -0.15) is 0 Å². The topological polar surface area (TPSA) is 55.0 Å². The fraction of sp³-hybridized carbons (Fsp3) is 0.733. The molecule has 4 heteroatoms. The van der Waals surface area contributed by atoms with Gasteiger partial charge in [0.2, 0.25) is 0 Å². The monoisotopic (exact) mass is 260 g/mol. The predicted molar refractivity (Wildman–Crippen MR) is 78.2 cm³/mol. The van der Waals surface area contributed by atoms with Crippen molar-refractivity contribution in [3.63, 3.8) is 0 Å². The van der Waals surface area contributed by atoms with Crippen LogP contribution >= 0.6 is 0 Å². The van der Waals surface area contributed by atoms with Crippen LogP contribution < -0.4 is 10.6 Å². The van der Waals surface area contributed by atoms with E-state index in [2.05, 4.69) is 21.8 Å². The first kappa shape index (κ1) is 12.7. The molecule has 0 bridgehead atoms. The van der Waals surface area contributed by atoms with Crippen LogP contribution in [0.2, 0.25) is 0 Å². The van der Waals surface area contributed by atoms with Crippen LogP contribution in [0.5, 0.6) is 0 Å². The molecule has 2 aliphatic rings. The molecule has 3 rings (SSSR count). The Morgan fingerprint density at radius 1 is 1.16 bits per heavy atom. The van der Waals surface area contributed by atoms with E-state index in [1.54, 1.807) is 6.33 Å². The molecule has 1 aliphatic carbocycles. The Morgan fingerprint density at radius 3 is 2.47 bits per heavy atom. The summed E-state index contributed by atoms with van der Waals surface area (Å²) in [5.41, 5.74) is 7.75. The van der Waals surface area contributed by atoms with Gasteiger partial charge in [0.1, 0.15) is 18.0 Å². The largest absolute Gasteiger partial charge is 0.383 e. The molecule has 0 unspecified atom stereocenters. The van der Waals surface area contributed by atoms with E-state index in [-0.39, 0.29) is 0 Å². The second-order valence-corrected chi connectivity index (χ2v) is 6.11. The third-order valence-electron chi connectivity index (χ3n) is 5.10. The Kier molecular flexibility index (Phi) is 3.33. The molecule has 1 aliphatic heterocycles. The zero-order valence-electron chi connectivity index (χ0n) is 11.9. The maximum absolute atomic E-state index is 5.98. The summed E-state index contributed by atoms with van der Waals surface area (Å²) in [6.45, 7) is 4.38. The van der Waals surface area contributed by atoms with Crippen molar-refractivity contribution in [1.82, 2.24) is 9.97 Å². The third-order valence-corrected chi connectivity index (χ3v) is 5.10. The van der Waals surface area contributed by atoms with Gasteiger partial charge in [0.15, 0.2) is 0 Å². The van der Waals surface area contributed by atoms with Crippen molar-refractivity contribution >= 4 is 11.6 Å². The molecule has 1 aromatic rings. The van der Waals surface area contributed by atoms with Gasteiger partial charge < -0.3 is 10.6 Å². The first-order valence-corrected chi connectivity index (χ1v) is 7.58. The maximum Gasteiger partial charge on any atom is 0.137 e. The van der Waals surface area contributed by atoms with Gasteiger partial charge in [-0.1, -0.05) is 19.8 Å². The van der Waals surface area contributed by atoms with Crippen LogP contribution in [0.1, 0.15) is 51.0 Å². The lowest BCUT2D eigenvalue weighted by Gasteiger charge is -2.40. The Bertz CT molecular complexity index is 441. The zero-order valence-corrected chi connectivity index (χ0v) is 11.9. The number of hydrogen-bond acceptors (Lipinski definition) is 4. The van der Waals surface area contributed by atoms with Crippen molar-refractivity contribution in [1.29, 1.82) is 0 Å². The van der Waals surface area contributed by atoms with Crippen molar-refractivity contribution < 1.29 is 0 Å². The van der Waals surface area contributed by atoms with Crippen LogP contribution in [0.3, 0.4) is 0 Å². The zero-order chi connectivity index (χ0) is 13.3. The van der Waals surface area contributed by atoms with Crippen molar-refractivity contribution in [3.8, 4) is 0 Å². The summed E-state index contributed by atoms with van der Waals surface area (Å²) in [5.74, 6) is 1.72. The SMILES string of the molecule is CCc1c(N)ncnc1N1CCC2(CCCC2)CC1. The summed E-state index contributed by atoms with van der Waals surface area (Å²) >= 11 is 0. The average Bonchev–Trinajstić information content (AvgIpc) is 2.88. The van der Waals surface area contributed by atoms with Crippen molar-refractivity contribution in [2.75, 3.05) is 23.7 Å². The number of hydrogen-bond donors (Lipinski definition) is 1. The van der Waals surface area contributed by atoms with Gasteiger partial charge in [-0.25, -0.2) is 9.97 Å². The Balaban J connectivity index is 1.76. The quantitative estimate of drug-likeness (QED) is 0.888. The maximum atomic E-state index is 5.98. The van der Waals surface area contributed by atoms with Gasteiger partial charge in [0.25, 0.3) is 0 Å². The smallest absolute Gasteiger partial charge is 0.137 e. The fourth-order valence-electron chi connectivity index (χ4n) is 3.85. The lowest BCUT2D eigenvalue weighted by molar-refractivity contribution is 0.226. The number of nitrogens with two attached hydrogens (primary N) is 1. The van der Waals surface area contributed by atoms with Crippen LogP contribution in [0, 0.1) is 5.41 Å². The van der Waals surface area contributed by atoms with Crippen LogP contribution in [-0.2, 0) is 6.42 Å². The van der Waals surface area contributed by atoms with Crippen LogP contribution in [0.25, 0.3) is 0 Å². The Labute approximate surface area is 115 Å². The lowest BCUT2D eigenvalue weighted by Crippen LogP contribution is -2.39. The molecular weight excluding hydrogens is 236 g/mol. The highest BCUT2D eigenvalue weighted by atomic mass is 15.2. The molecule has 0 atom stereocenters. The van der Waals surface area contributed by atoms with Gasteiger partial charge in [-0.15, -0.1) is 0 Å². The van der Waals surface area contributed by atoms with Crippen molar-refractivity contribution in [2.45, 2.75) is 51.9 Å². The number of nitrogens with zero attached hydrogens (tertiary/aromatic N) is 3. The standard InChI is InChI=1S/C15H24N4/c1-2-12-13(16)17-11-18-14(12)19-9-7-15(8-10-19)5-3-4-6-15/h11H,2-10H2,1H3,(H2,16,17,18). The highest BCUT2D eigenvalue weighted by molar-refractivity contribution is 5.56. The molecule has 19 heavy (non-hydrogen) atoms. The molecule has 1 spiro atoms. The second kappa shape index (κ2) is 4.99. The Morgan fingerprint density at radius 2 is 1.84 bits per heavy atom. The fourth-order valence-corrected chi connectivity index (χ4v) is 3.85. The van der Waals surface area contributed by atoms with E-state index in [1.807, 2.05) is 0 Å². The van der Waals surface area contributed by atoms with Crippen LogP contribution in [0.4, 0.5) is 11.6 Å². The normalized spacial score (nSPS) is 22.1. The van der Waals surface area contributed by atoms with Crippen LogP contribution in [-0.4, -0.2) is 23.1 Å². The number of rotatable bonds is 2. The van der Waals surface area contributed by atoms with E-state index in [0.29, 0.717) is 11.2 Å². The highest BCUT2D eigenvalue weighted by Gasteiger charge is 2.37. The summed E-state index contributed by atoms with van der Waals surface area (Å²) in [7, 11) is 0. The number of nitrogen functional groups attached to an aromatic ring is 1. The first-order valence-electron chi connectivity index (χ1n) is 7.58. The van der Waals surface area contributed by atoms with Gasteiger partial charge >= 0.3 is 0 Å². The van der Waals surface area contributed by atoms with E-state index in [9.17, 15) is 0 Å². The van der Waals surface area contributed by atoms with E-state index < -0.39 is 0 Å². The van der Waals surface area contributed by atoms with Gasteiger partial charge in [-0.3, -0.25) is 0 Å². The number of anilines is 2. The lowest BCUT2D eigenvalue weighted by atomic mass is 9.77. The molecule has 2 N–H and O–H groups in total. The van der Waals surface area contributed by atoms with Gasteiger partial charge in [-0.05, 0) is 37.5 Å². The second-order valence-electron chi connectivity index (χ2n) is 6.11. The van der Waals surface area contributed by atoms with Crippen molar-refractivity contribution in [2.24, 2.45) is 5.41 Å². The van der Waals surface area contributed by atoms with Crippen LogP contribution in [0.15, 0.2) is 6.33 Å². The molecule has 1 saturated carbocycles. The van der Waals surface area contributed by atoms with E-state index in [1.165, 1.54) is 38.5 Å². The van der Waals surface area contributed by atoms with Gasteiger partial charge in [0, 0.05) is 18.7 Å². The summed E-state index contributed by atoms with van der Waals surface area (Å²) < 4.78 is 0. The minimum Gasteiger partial charge on any atom is -0.383 e. The number of piperidine rings is 1. The van der Waals surface area contributed by atoms with Gasteiger partial charge in [0.05, 0.1) is 0 Å². The molecule has 4 nitrogen and oxygen atoms in total. The Hall–Kier alpha value is -1.32. The van der Waals surface area contributed by atoms with Crippen molar-refractivity contribution in [3.05, 3.63) is 11.9 Å². The summed E-state index contributed by atoms with van der Waals surface area (Å²) in [6.07, 6.45) is 10.9. The molecule has 2 heterocycles.